The summed E-state index contributed by atoms with van der Waals surface area (Å²) in [4.78, 5) is 96.3. The maximum atomic E-state index is 13.2. The Kier molecular flexibility index (Phi) is 37.9. The van der Waals surface area contributed by atoms with E-state index in [4.69, 9.17) is 35.5 Å². The summed E-state index contributed by atoms with van der Waals surface area (Å²) in [5.74, 6) is -1.79. The van der Waals surface area contributed by atoms with Crippen LogP contribution in [0.5, 0.6) is 0 Å². The minimum atomic E-state index is -0.922. The first-order chi connectivity index (χ1) is 57.2. The third-order valence-electron chi connectivity index (χ3n) is 19.8. The maximum Gasteiger partial charge on any atom is 1.00 e. The molecule has 14 aromatic rings. The molecule has 0 spiro atoms. The predicted molar refractivity (Wildman–Crippen MR) is 466 cm³/mol. The minimum absolute atomic E-state index is 0. The number of esters is 2. The normalized spacial score (nSPS) is 11.7. The summed E-state index contributed by atoms with van der Waals surface area (Å²) in [6.45, 7) is 28.8. The second-order valence-corrected chi connectivity index (χ2v) is 29.0. The van der Waals surface area contributed by atoms with E-state index >= 15 is 0 Å². The van der Waals surface area contributed by atoms with E-state index < -0.39 is 12.1 Å². The number of ether oxygens (including phenoxy) is 5. The number of carboxylic acid groups (broad SMARTS) is 1. The van der Waals surface area contributed by atoms with Gasteiger partial charge in [0.2, 0.25) is 0 Å². The van der Waals surface area contributed by atoms with E-state index in [1.54, 1.807) is 75.6 Å². The smallest absolute Gasteiger partial charge is 0.870 e. The van der Waals surface area contributed by atoms with Crippen molar-refractivity contribution in [3.8, 4) is 0 Å². The van der Waals surface area contributed by atoms with Gasteiger partial charge in [0.1, 0.15) is 0 Å². The number of H-pyrrole nitrogens is 2. The number of fused-ring (bicyclic) bond motifs is 4. The van der Waals surface area contributed by atoms with Gasteiger partial charge in [-0.1, -0.05) is 15.9 Å². The van der Waals surface area contributed by atoms with Gasteiger partial charge in [-0.15, -0.1) is 0 Å². The van der Waals surface area contributed by atoms with E-state index in [2.05, 4.69) is 64.8 Å². The van der Waals surface area contributed by atoms with Gasteiger partial charge in [0, 0.05) is 143 Å². The molecule has 0 radical (unpaired) electrons. The van der Waals surface area contributed by atoms with Gasteiger partial charge in [-0.3, -0.25) is 34.3 Å². The molecule has 0 fully saturated rings. The molecule has 0 saturated heterocycles. The third-order valence-corrected chi connectivity index (χ3v) is 20.6. The monoisotopic (exact) mass is 1740 g/mol. The number of nitrogens with one attached hydrogen (secondary N) is 4. The van der Waals surface area contributed by atoms with Crippen molar-refractivity contribution in [2.45, 2.75) is 160 Å². The second kappa shape index (κ2) is 47.2. The van der Waals surface area contributed by atoms with E-state index in [-0.39, 0.29) is 88.9 Å². The molecule has 4 atom stereocenters. The molecule has 0 saturated carbocycles. The molecule has 14 heterocycles. The van der Waals surface area contributed by atoms with Crippen LogP contribution in [0.2, 0.25) is 0 Å². The number of hydrogen-bond donors (Lipinski definition) is 6. The van der Waals surface area contributed by atoms with Crippen LogP contribution in [0.25, 0.3) is 22.1 Å². The molecule has 7 N–H and O–H groups in total. The number of aromatic carboxylic acids is 1. The summed E-state index contributed by atoms with van der Waals surface area (Å²) in [6.07, 6.45) is 20.5. The number of carboxylic acids is 1. The van der Waals surface area contributed by atoms with Gasteiger partial charge in [-0.2, -0.15) is 0 Å². The van der Waals surface area contributed by atoms with Crippen LogP contribution in [0.15, 0.2) is 217 Å². The number of halogens is 2. The van der Waals surface area contributed by atoms with Crippen LogP contribution in [0.1, 0.15) is 208 Å². The quantitative estimate of drug-likeness (QED) is 0.0142. The van der Waals surface area contributed by atoms with Gasteiger partial charge >= 0.3 is 47.5 Å². The number of aliphatic hydroxyl groups excluding tert-OH is 1. The van der Waals surface area contributed by atoms with Crippen molar-refractivity contribution in [1.82, 2.24) is 57.7 Å². The Bertz CT molecular complexity index is 5880. The standard InChI is InChI=1S/C26H28N4O3.C20H22N2O3.C18H18N2O3.C14H17NO3.C8H11ClN2O.C6H6BrN.Na.H2O/c1-16-12-17(2)29-26(32)23(16)14-28-25(31)22-13-21-6-5-11-30(21)24(18(22)3)19(4)33-15-20-7-9-27-10-8-20;1-4-24-20(23)18-12-17-6-5-11-22(17)19(14(18)2)15(3)25-13-16-7-9-21-10-8-16;1-12-16(18(21)22)10-15-4-3-9-20(15)17(12)13(2)23-11-14-5-7-19-8-6-14;1-4-18-14(17)12-8-11-6-5-7-15(11)13(9(12)2)10(3)16;1-5-3-6(2)11-8(12)7(5)4-10-9;7-5-6-1-3-8-4-2-6;;/h5-13,19H,14-15H2,1-4H3,(H,28,31)(H,29,32);5-12,15H,4,13H2,1-3H3;3-10,13H,11H2,1-2H3,(H,21,22);5-8,10,16H,4H2,1-3H3;3,10H,4H2,1-2H3,(H,11,12);1-4H,5H2;;1H2/q;;;;;;+1;/p-1. The maximum absolute atomic E-state index is 13.2. The van der Waals surface area contributed by atoms with Crippen LogP contribution in [0, 0.1) is 55.4 Å². The Hall–Kier alpha value is -11.1. The first-order valence-corrected chi connectivity index (χ1v) is 40.3. The number of amides is 1. The molecule has 0 aromatic carbocycles. The predicted octanol–water partition coefficient (Wildman–Crippen LogP) is 14.4. The number of aromatic nitrogens is 10. The molecule has 14 aromatic heterocycles. The average Bonchev–Trinajstić information content (AvgIpc) is 1.72. The van der Waals surface area contributed by atoms with E-state index in [1.807, 2.05) is 238 Å². The third kappa shape index (κ3) is 25.8. The van der Waals surface area contributed by atoms with E-state index in [9.17, 15) is 39.0 Å². The van der Waals surface area contributed by atoms with Gasteiger partial charge in [-0.05, 0) is 298 Å². The SMILES string of the molecule is BrCc1ccncc1.CCOC(=O)c1cc2cccn2c(C(C)O)c1C.CCOC(=O)c1cc2cccn2c(C(C)OCc2ccncc2)c1C.Cc1c(C(=O)O)cc2cccn2c1C(C)OCc1ccncc1.Cc1cc(C)c(CNC(=O)c2cc3cccn3c(C(C)OCc3ccncc3)c2C)c(=O)[nH]1.Cc1cc(C)c(CNCl)c(=O)[nH]1.[Na+].[OH-]. The van der Waals surface area contributed by atoms with Gasteiger partial charge < -0.3 is 72.3 Å². The van der Waals surface area contributed by atoms with Crippen LogP contribution in [-0.2, 0) is 61.9 Å². The van der Waals surface area contributed by atoms with Crippen molar-refractivity contribution in [1.29, 1.82) is 0 Å². The molecule has 0 bridgehead atoms. The Morgan fingerprint density at radius 3 is 1.08 bits per heavy atom. The molecule has 630 valence electrons. The van der Waals surface area contributed by atoms with Crippen LogP contribution in [0.4, 0.5) is 0 Å². The fourth-order valence-corrected chi connectivity index (χ4v) is 14.4. The molecule has 121 heavy (non-hydrogen) atoms. The fraction of sp³-hybridized carbons (Fsp3) is 0.283. The van der Waals surface area contributed by atoms with Crippen molar-refractivity contribution in [2.75, 3.05) is 13.2 Å². The Balaban J connectivity index is 0.000000208. The molecule has 0 aliphatic carbocycles. The summed E-state index contributed by atoms with van der Waals surface area (Å²) in [6, 6.07) is 41.9. The molecular formula is C92H103BrClN12NaO14. The molecule has 0 aliphatic rings. The number of carbonyl (C=O) groups excluding carboxylic acids is 3. The first kappa shape index (κ1) is 97.1. The minimum Gasteiger partial charge on any atom is -0.870 e. The fourth-order valence-electron chi connectivity index (χ4n) is 13.9. The number of nitrogens with zero attached hydrogens (tertiary/aromatic N) is 8. The largest absolute Gasteiger partial charge is 1.00 e. The number of rotatable bonds is 24. The summed E-state index contributed by atoms with van der Waals surface area (Å²) >= 11 is 8.65. The molecule has 0 aliphatic heterocycles. The number of aromatic amines is 2. The van der Waals surface area contributed by atoms with E-state index in [0.717, 1.165) is 112 Å². The van der Waals surface area contributed by atoms with E-state index in [0.29, 0.717) is 73.0 Å². The Morgan fingerprint density at radius 1 is 0.463 bits per heavy atom. The summed E-state index contributed by atoms with van der Waals surface area (Å²) in [5.41, 5.74) is 21.1. The van der Waals surface area contributed by atoms with Crippen molar-refractivity contribution in [2.24, 2.45) is 0 Å². The van der Waals surface area contributed by atoms with Gasteiger partial charge in [0.25, 0.3) is 17.0 Å². The second-order valence-electron chi connectivity index (χ2n) is 28.2. The summed E-state index contributed by atoms with van der Waals surface area (Å²) in [5, 5.41) is 23.1. The number of aliphatic hydroxyl groups is 1. The molecule has 29 heteroatoms. The summed E-state index contributed by atoms with van der Waals surface area (Å²) in [7, 11) is 0. The Labute approximate surface area is 738 Å². The van der Waals surface area contributed by atoms with Crippen LogP contribution in [-0.4, -0.2) is 100 Å². The van der Waals surface area contributed by atoms with Crippen molar-refractivity contribution in [3.05, 3.63) is 352 Å². The van der Waals surface area contributed by atoms with E-state index in [1.165, 1.54) is 5.56 Å². The van der Waals surface area contributed by atoms with Gasteiger partial charge in [0.15, 0.2) is 0 Å². The average molecular weight is 1740 g/mol. The molecule has 1 amide bonds. The van der Waals surface area contributed by atoms with Crippen molar-refractivity contribution >= 4 is 73.6 Å². The number of aryl methyl sites for hydroxylation is 4. The Morgan fingerprint density at radius 2 is 0.769 bits per heavy atom. The molecular weight excluding hydrogens is 1640 g/mol. The molecule has 26 nitrogen and oxygen atoms in total. The van der Waals surface area contributed by atoms with Gasteiger partial charge in [-0.25, -0.2) is 19.2 Å². The van der Waals surface area contributed by atoms with Crippen LogP contribution >= 0.6 is 27.7 Å². The van der Waals surface area contributed by atoms with Crippen LogP contribution < -0.4 is 50.8 Å². The number of alkyl halides is 1. The number of carbonyl (C=O) groups is 4. The topological polar surface area (TPSA) is 344 Å². The number of pyridine rings is 10. The van der Waals surface area contributed by atoms with Crippen LogP contribution in [0.3, 0.4) is 0 Å². The zero-order chi connectivity index (χ0) is 86.0. The van der Waals surface area contributed by atoms with Crippen molar-refractivity contribution in [3.63, 3.8) is 0 Å². The zero-order valence-corrected chi connectivity index (χ0v) is 75.1. The zero-order valence-electron chi connectivity index (χ0n) is 70.8. The summed E-state index contributed by atoms with van der Waals surface area (Å²) < 4.78 is 36.4. The van der Waals surface area contributed by atoms with Gasteiger partial charge in [0.05, 0.1) is 96.9 Å². The van der Waals surface area contributed by atoms with Crippen molar-refractivity contribution < 1.29 is 88.1 Å². The molecule has 14 rings (SSSR count). The molecule has 4 unspecified atom stereocenters. The number of hydrogen-bond acceptors (Lipinski definition) is 18. The first-order valence-electron chi connectivity index (χ1n) is 38.8.